The van der Waals surface area contributed by atoms with Gasteiger partial charge in [-0.15, -0.1) is 10.2 Å². The standard InChI is InChI=1S/C24H28N8O5S/c1-14-12-25-22(26-13-14)21(33)15(2)38(34,35)30-24-28-27-23(17-11-16-7-6-10-31(16)29-17)32(24)20-18(36-3)8-5-9-19(20)37-4/h5,8-9,11-13,15,21,33H,6-7,10H2,1-4H3,(H,28,30). The molecule has 0 saturated carbocycles. The van der Waals surface area contributed by atoms with Gasteiger partial charge in [-0.25, -0.2) is 18.4 Å². The number of nitrogens with one attached hydrogen (secondary N) is 1. The van der Waals surface area contributed by atoms with Gasteiger partial charge in [0, 0.05) is 24.6 Å². The Kier molecular flexibility index (Phi) is 6.75. The highest BCUT2D eigenvalue weighted by molar-refractivity contribution is 7.93. The Morgan fingerprint density at radius 1 is 1.11 bits per heavy atom. The molecule has 38 heavy (non-hydrogen) atoms. The Morgan fingerprint density at radius 2 is 1.79 bits per heavy atom. The van der Waals surface area contributed by atoms with E-state index in [4.69, 9.17) is 9.47 Å². The molecule has 0 fully saturated rings. The van der Waals surface area contributed by atoms with Gasteiger partial charge in [-0.1, -0.05) is 6.07 Å². The van der Waals surface area contributed by atoms with Crippen molar-refractivity contribution < 1.29 is 23.0 Å². The van der Waals surface area contributed by atoms with Gasteiger partial charge in [0.25, 0.3) is 0 Å². The van der Waals surface area contributed by atoms with Crippen molar-refractivity contribution in [2.45, 2.75) is 44.6 Å². The highest BCUT2D eigenvalue weighted by atomic mass is 32.2. The van der Waals surface area contributed by atoms with E-state index in [9.17, 15) is 13.5 Å². The molecule has 0 bridgehead atoms. The summed E-state index contributed by atoms with van der Waals surface area (Å²) in [6.07, 6.45) is 3.43. The summed E-state index contributed by atoms with van der Waals surface area (Å²) in [6.45, 7) is 3.95. The third-order valence-electron chi connectivity index (χ3n) is 6.42. The average Bonchev–Trinajstić information content (AvgIpc) is 3.62. The van der Waals surface area contributed by atoms with Crippen molar-refractivity contribution in [3.05, 3.63) is 53.7 Å². The molecular formula is C24H28N8O5S. The fraction of sp³-hybridized carbons (Fsp3) is 0.375. The third kappa shape index (κ3) is 4.56. The average molecular weight is 541 g/mol. The van der Waals surface area contributed by atoms with Crippen molar-refractivity contribution >= 4 is 16.0 Å². The maximum atomic E-state index is 13.4. The number of anilines is 1. The molecule has 4 heterocycles. The number of sulfonamides is 1. The van der Waals surface area contributed by atoms with Crippen LogP contribution in [0.5, 0.6) is 11.5 Å². The zero-order chi connectivity index (χ0) is 27.0. The topological polar surface area (TPSA) is 159 Å². The van der Waals surface area contributed by atoms with E-state index in [1.807, 2.05) is 10.7 Å². The molecule has 1 aromatic carbocycles. The van der Waals surface area contributed by atoms with Crippen molar-refractivity contribution in [2.75, 3.05) is 18.9 Å². The summed E-state index contributed by atoms with van der Waals surface area (Å²) >= 11 is 0. The first kappa shape index (κ1) is 25.6. The van der Waals surface area contributed by atoms with Crippen LogP contribution in [-0.4, -0.2) is 67.5 Å². The van der Waals surface area contributed by atoms with Gasteiger partial charge in [0.2, 0.25) is 16.0 Å². The lowest BCUT2D eigenvalue weighted by Gasteiger charge is -2.20. The first-order valence-electron chi connectivity index (χ1n) is 12.0. The second-order valence-electron chi connectivity index (χ2n) is 8.96. The van der Waals surface area contributed by atoms with E-state index in [1.165, 1.54) is 38.1 Å². The largest absolute Gasteiger partial charge is 0.494 e. The summed E-state index contributed by atoms with van der Waals surface area (Å²) in [5.41, 5.74) is 2.75. The predicted molar refractivity (Wildman–Crippen MR) is 138 cm³/mol. The van der Waals surface area contributed by atoms with Crippen LogP contribution in [0.25, 0.3) is 17.2 Å². The van der Waals surface area contributed by atoms with E-state index in [2.05, 4.69) is 30.0 Å². The van der Waals surface area contributed by atoms with Crippen molar-refractivity contribution in [1.82, 2.24) is 34.5 Å². The number of ether oxygens (including phenoxy) is 2. The van der Waals surface area contributed by atoms with Gasteiger partial charge in [0.05, 0.1) is 14.2 Å². The molecule has 13 nitrogen and oxygen atoms in total. The van der Waals surface area contributed by atoms with Crippen LogP contribution in [0.15, 0.2) is 36.7 Å². The Morgan fingerprint density at radius 3 is 2.42 bits per heavy atom. The number of methoxy groups -OCH3 is 2. The molecule has 3 aromatic heterocycles. The van der Waals surface area contributed by atoms with E-state index in [-0.39, 0.29) is 11.8 Å². The molecule has 5 rings (SSSR count). The Balaban J connectivity index is 1.60. The molecule has 0 saturated heterocycles. The Hall–Kier alpha value is -4.04. The van der Waals surface area contributed by atoms with Crippen molar-refractivity contribution in [1.29, 1.82) is 0 Å². The summed E-state index contributed by atoms with van der Waals surface area (Å²) in [5, 5.41) is 22.5. The third-order valence-corrected chi connectivity index (χ3v) is 8.12. The number of rotatable bonds is 9. The van der Waals surface area contributed by atoms with Gasteiger partial charge >= 0.3 is 0 Å². The van der Waals surface area contributed by atoms with E-state index in [0.717, 1.165) is 30.6 Å². The smallest absolute Gasteiger partial charge is 0.243 e. The number of aromatic nitrogens is 7. The summed E-state index contributed by atoms with van der Waals surface area (Å²) in [6, 6.07) is 7.09. The number of fused-ring (bicyclic) bond motifs is 1. The fourth-order valence-electron chi connectivity index (χ4n) is 4.30. The van der Waals surface area contributed by atoms with Gasteiger partial charge in [-0.2, -0.15) is 5.10 Å². The lowest BCUT2D eigenvalue weighted by atomic mass is 10.2. The SMILES string of the molecule is COc1cccc(OC)c1-n1c(NS(=O)(=O)C(C)C(O)c2ncc(C)cn2)nnc1-c1cc2n(n1)CCC2. The number of benzene rings is 1. The molecule has 2 unspecified atom stereocenters. The first-order valence-corrected chi connectivity index (χ1v) is 13.5. The molecule has 14 heteroatoms. The second kappa shape index (κ2) is 10.0. The lowest BCUT2D eigenvalue weighted by Crippen LogP contribution is -2.32. The highest BCUT2D eigenvalue weighted by Gasteiger charge is 2.34. The van der Waals surface area contributed by atoms with Crippen LogP contribution >= 0.6 is 0 Å². The normalized spacial score (nSPS) is 14.7. The molecule has 0 spiro atoms. The van der Waals surface area contributed by atoms with E-state index in [0.29, 0.717) is 28.7 Å². The molecule has 0 amide bonds. The quantitative estimate of drug-likeness (QED) is 0.322. The molecule has 0 radical (unpaired) electrons. The second-order valence-corrected chi connectivity index (χ2v) is 11.0. The van der Waals surface area contributed by atoms with Crippen LogP contribution < -0.4 is 14.2 Å². The lowest BCUT2D eigenvalue weighted by molar-refractivity contribution is 0.166. The van der Waals surface area contributed by atoms with E-state index < -0.39 is 21.4 Å². The minimum atomic E-state index is -4.22. The molecule has 1 aliphatic rings. The van der Waals surface area contributed by atoms with Gasteiger partial charge in [0.1, 0.15) is 34.2 Å². The Bertz CT molecular complexity index is 1520. The van der Waals surface area contributed by atoms with Gasteiger partial charge in [-0.05, 0) is 50.5 Å². The highest BCUT2D eigenvalue weighted by Crippen LogP contribution is 2.38. The molecule has 2 atom stereocenters. The predicted octanol–water partition coefficient (Wildman–Crippen LogP) is 2.06. The number of nitrogens with zero attached hydrogens (tertiary/aromatic N) is 7. The number of hydrogen-bond donors (Lipinski definition) is 2. The van der Waals surface area contributed by atoms with Crippen LogP contribution in [0, 0.1) is 6.92 Å². The maximum absolute atomic E-state index is 13.4. The van der Waals surface area contributed by atoms with Gasteiger partial charge in [0.15, 0.2) is 11.6 Å². The maximum Gasteiger partial charge on any atom is 0.243 e. The number of hydrogen-bond acceptors (Lipinski definition) is 10. The van der Waals surface area contributed by atoms with Crippen LogP contribution in [0.4, 0.5) is 5.95 Å². The molecule has 2 N–H and O–H groups in total. The van der Waals surface area contributed by atoms with Crippen LogP contribution in [0.1, 0.15) is 36.5 Å². The minimum Gasteiger partial charge on any atom is -0.494 e. The molecule has 200 valence electrons. The fourth-order valence-corrected chi connectivity index (χ4v) is 5.34. The minimum absolute atomic E-state index is 0.00504. The number of aryl methyl sites for hydroxylation is 3. The number of para-hydroxylation sites is 1. The summed E-state index contributed by atoms with van der Waals surface area (Å²) in [5.74, 6) is 0.967. The summed E-state index contributed by atoms with van der Waals surface area (Å²) in [4.78, 5) is 8.14. The number of aliphatic hydroxyl groups excluding tert-OH is 1. The molecule has 4 aromatic rings. The first-order chi connectivity index (χ1) is 18.2. The van der Waals surface area contributed by atoms with Gasteiger partial charge < -0.3 is 14.6 Å². The molecule has 1 aliphatic heterocycles. The van der Waals surface area contributed by atoms with E-state index >= 15 is 0 Å². The summed E-state index contributed by atoms with van der Waals surface area (Å²) < 4.78 is 43.9. The van der Waals surface area contributed by atoms with Crippen LogP contribution in [-0.2, 0) is 23.0 Å². The molecule has 0 aliphatic carbocycles. The van der Waals surface area contributed by atoms with Crippen LogP contribution in [0.2, 0.25) is 0 Å². The van der Waals surface area contributed by atoms with Gasteiger partial charge in [-0.3, -0.25) is 14.0 Å². The molecular weight excluding hydrogens is 512 g/mol. The summed E-state index contributed by atoms with van der Waals surface area (Å²) in [7, 11) is -1.22. The zero-order valence-electron chi connectivity index (χ0n) is 21.4. The zero-order valence-corrected chi connectivity index (χ0v) is 22.2. The van der Waals surface area contributed by atoms with Crippen LogP contribution in [0.3, 0.4) is 0 Å². The number of aliphatic hydroxyl groups is 1. The van der Waals surface area contributed by atoms with Crippen molar-refractivity contribution in [2.24, 2.45) is 0 Å². The van der Waals surface area contributed by atoms with Crippen molar-refractivity contribution in [3.8, 4) is 28.7 Å². The monoisotopic (exact) mass is 540 g/mol. The van der Waals surface area contributed by atoms with E-state index in [1.54, 1.807) is 25.1 Å². The van der Waals surface area contributed by atoms with Crippen molar-refractivity contribution in [3.63, 3.8) is 0 Å². The Labute approximate surface area is 219 Å².